The van der Waals surface area contributed by atoms with Crippen molar-refractivity contribution in [2.24, 2.45) is 5.92 Å². The van der Waals surface area contributed by atoms with E-state index in [-0.39, 0.29) is 29.0 Å². The molecule has 2 aromatic carbocycles. The van der Waals surface area contributed by atoms with E-state index in [0.717, 1.165) is 24.1 Å². The fourth-order valence-electron chi connectivity index (χ4n) is 4.28. The van der Waals surface area contributed by atoms with Crippen LogP contribution in [0.5, 0.6) is 5.75 Å². The Hall–Kier alpha value is -3.72. The number of hydrogen-bond donors (Lipinski definition) is 2. The lowest BCUT2D eigenvalue weighted by Crippen LogP contribution is -2.30. The molecule has 1 aliphatic heterocycles. The summed E-state index contributed by atoms with van der Waals surface area (Å²) < 4.78 is 25.0. The standard InChI is InChI=1S/C29H36FN5O3/c1-29(2,3)22-7-5-21(6-8-22)27(36)35-14-13-20(19-35)17-31-26-25(30)18-32-28(34-26)33-23-9-11-24(12-10-23)38-16-15-37-4/h5-12,18,20H,13-17,19H2,1-4H3,(H2,31,32,33,34). The van der Waals surface area contributed by atoms with Crippen molar-refractivity contribution in [3.8, 4) is 5.75 Å². The van der Waals surface area contributed by atoms with Crippen LogP contribution in [0.15, 0.2) is 54.7 Å². The fraction of sp³-hybridized carbons (Fsp3) is 0.414. The summed E-state index contributed by atoms with van der Waals surface area (Å²) in [5.41, 5.74) is 2.68. The number of methoxy groups -OCH3 is 1. The summed E-state index contributed by atoms with van der Waals surface area (Å²) in [6, 6.07) is 15.2. The third-order valence-corrected chi connectivity index (χ3v) is 6.54. The summed E-state index contributed by atoms with van der Waals surface area (Å²) in [4.78, 5) is 23.2. The highest BCUT2D eigenvalue weighted by Crippen LogP contribution is 2.25. The zero-order valence-electron chi connectivity index (χ0n) is 22.5. The molecule has 1 amide bonds. The molecule has 1 aromatic heterocycles. The van der Waals surface area contributed by atoms with Gasteiger partial charge in [0.2, 0.25) is 5.95 Å². The van der Waals surface area contributed by atoms with Crippen LogP contribution in [0, 0.1) is 11.7 Å². The molecule has 9 heteroatoms. The molecule has 0 aliphatic carbocycles. The highest BCUT2D eigenvalue weighted by atomic mass is 19.1. The van der Waals surface area contributed by atoms with Gasteiger partial charge in [-0.3, -0.25) is 4.79 Å². The number of rotatable bonds is 10. The van der Waals surface area contributed by atoms with Gasteiger partial charge in [0.05, 0.1) is 12.8 Å². The van der Waals surface area contributed by atoms with Crippen molar-refractivity contribution in [3.63, 3.8) is 0 Å². The van der Waals surface area contributed by atoms with Crippen LogP contribution in [-0.4, -0.2) is 60.7 Å². The van der Waals surface area contributed by atoms with Crippen molar-refractivity contribution >= 4 is 23.4 Å². The molecule has 2 N–H and O–H groups in total. The molecule has 1 aliphatic rings. The minimum atomic E-state index is -0.526. The number of anilines is 3. The second kappa shape index (κ2) is 12.2. The van der Waals surface area contributed by atoms with Crippen LogP contribution < -0.4 is 15.4 Å². The van der Waals surface area contributed by atoms with Crippen LogP contribution in [-0.2, 0) is 10.2 Å². The van der Waals surface area contributed by atoms with Gasteiger partial charge in [-0.15, -0.1) is 0 Å². The summed E-state index contributed by atoms with van der Waals surface area (Å²) in [7, 11) is 1.62. The largest absolute Gasteiger partial charge is 0.491 e. The Kier molecular flexibility index (Phi) is 8.78. The quantitative estimate of drug-likeness (QED) is 0.352. The first-order chi connectivity index (χ1) is 18.2. The lowest BCUT2D eigenvalue weighted by atomic mass is 9.86. The van der Waals surface area contributed by atoms with Crippen molar-refractivity contribution in [3.05, 3.63) is 71.7 Å². The Balaban J connectivity index is 1.29. The Labute approximate surface area is 223 Å². The fourth-order valence-corrected chi connectivity index (χ4v) is 4.28. The molecule has 1 unspecified atom stereocenters. The van der Waals surface area contributed by atoms with Crippen molar-refractivity contribution in [1.29, 1.82) is 0 Å². The molecule has 2 heterocycles. The topological polar surface area (TPSA) is 88.6 Å². The van der Waals surface area contributed by atoms with Crippen LogP contribution in [0.2, 0.25) is 0 Å². The third kappa shape index (κ3) is 7.19. The van der Waals surface area contributed by atoms with Crippen LogP contribution >= 0.6 is 0 Å². The van der Waals surface area contributed by atoms with E-state index < -0.39 is 5.82 Å². The number of aromatic nitrogens is 2. The number of benzene rings is 2. The molecule has 1 saturated heterocycles. The molecular weight excluding hydrogens is 485 g/mol. The number of nitrogens with one attached hydrogen (secondary N) is 2. The molecule has 4 rings (SSSR count). The number of halogens is 1. The molecule has 0 saturated carbocycles. The second-order valence-corrected chi connectivity index (χ2v) is 10.5. The number of ether oxygens (including phenoxy) is 2. The predicted molar refractivity (Wildman–Crippen MR) is 147 cm³/mol. The first kappa shape index (κ1) is 27.3. The summed E-state index contributed by atoms with van der Waals surface area (Å²) in [6.07, 6.45) is 1.99. The van der Waals surface area contributed by atoms with Crippen molar-refractivity contribution < 1.29 is 18.7 Å². The molecular formula is C29H36FN5O3. The molecule has 1 atom stereocenters. The Morgan fingerprint density at radius 1 is 1.11 bits per heavy atom. The van der Waals surface area contributed by atoms with Gasteiger partial charge in [-0.05, 0) is 59.7 Å². The van der Waals surface area contributed by atoms with E-state index in [2.05, 4.69) is 41.4 Å². The predicted octanol–water partition coefficient (Wildman–Crippen LogP) is 5.26. The number of hydrogen-bond acceptors (Lipinski definition) is 7. The van der Waals surface area contributed by atoms with E-state index in [4.69, 9.17) is 9.47 Å². The van der Waals surface area contributed by atoms with Crippen molar-refractivity contribution in [2.75, 3.05) is 50.6 Å². The molecule has 3 aromatic rings. The van der Waals surface area contributed by atoms with Crippen molar-refractivity contribution in [2.45, 2.75) is 32.6 Å². The van der Waals surface area contributed by atoms with E-state index in [1.165, 1.54) is 5.56 Å². The Morgan fingerprint density at radius 2 is 1.84 bits per heavy atom. The van der Waals surface area contributed by atoms with Gasteiger partial charge in [-0.2, -0.15) is 4.98 Å². The highest BCUT2D eigenvalue weighted by molar-refractivity contribution is 5.94. The summed E-state index contributed by atoms with van der Waals surface area (Å²) in [5.74, 6) is 0.837. The van der Waals surface area contributed by atoms with Gasteiger partial charge in [-0.25, -0.2) is 9.37 Å². The number of amides is 1. The van der Waals surface area contributed by atoms with E-state index in [9.17, 15) is 9.18 Å². The van der Waals surface area contributed by atoms with Crippen LogP contribution in [0.25, 0.3) is 0 Å². The van der Waals surface area contributed by atoms with Gasteiger partial charge in [-0.1, -0.05) is 32.9 Å². The minimum absolute atomic E-state index is 0.0303. The average molecular weight is 522 g/mol. The molecule has 202 valence electrons. The lowest BCUT2D eigenvalue weighted by molar-refractivity contribution is 0.0787. The first-order valence-corrected chi connectivity index (χ1v) is 12.9. The number of carbonyl (C=O) groups is 1. The molecule has 38 heavy (non-hydrogen) atoms. The molecule has 1 fully saturated rings. The molecule has 0 spiro atoms. The maximum absolute atomic E-state index is 14.4. The van der Waals surface area contributed by atoms with E-state index in [0.29, 0.717) is 38.4 Å². The Morgan fingerprint density at radius 3 is 2.53 bits per heavy atom. The van der Waals surface area contributed by atoms with E-state index in [1.807, 2.05) is 53.4 Å². The van der Waals surface area contributed by atoms with Crippen molar-refractivity contribution in [1.82, 2.24) is 14.9 Å². The van der Waals surface area contributed by atoms with Crippen LogP contribution in [0.3, 0.4) is 0 Å². The number of carbonyl (C=O) groups excluding carboxylic acids is 1. The molecule has 8 nitrogen and oxygen atoms in total. The third-order valence-electron chi connectivity index (χ3n) is 6.54. The molecule has 0 bridgehead atoms. The number of nitrogens with zero attached hydrogens (tertiary/aromatic N) is 3. The van der Waals surface area contributed by atoms with Crippen LogP contribution in [0.4, 0.5) is 21.8 Å². The van der Waals surface area contributed by atoms with Crippen LogP contribution in [0.1, 0.15) is 43.1 Å². The summed E-state index contributed by atoms with van der Waals surface area (Å²) in [5, 5.41) is 6.19. The second-order valence-electron chi connectivity index (χ2n) is 10.5. The SMILES string of the molecule is COCCOc1ccc(Nc2ncc(F)c(NCC3CCN(C(=O)c4ccc(C(C)(C)C)cc4)C3)n2)cc1. The first-order valence-electron chi connectivity index (χ1n) is 12.9. The Bertz CT molecular complexity index is 1210. The van der Waals surface area contributed by atoms with Gasteiger partial charge in [0.1, 0.15) is 12.4 Å². The maximum Gasteiger partial charge on any atom is 0.253 e. The highest BCUT2D eigenvalue weighted by Gasteiger charge is 2.27. The van der Waals surface area contributed by atoms with Gasteiger partial charge in [0.15, 0.2) is 11.6 Å². The van der Waals surface area contributed by atoms with Gasteiger partial charge < -0.3 is 25.0 Å². The zero-order valence-corrected chi connectivity index (χ0v) is 22.5. The average Bonchev–Trinajstić information content (AvgIpc) is 3.38. The van der Waals surface area contributed by atoms with E-state index in [1.54, 1.807) is 7.11 Å². The van der Waals surface area contributed by atoms with E-state index >= 15 is 0 Å². The summed E-state index contributed by atoms with van der Waals surface area (Å²) in [6.45, 7) is 9.24. The number of likely N-dealkylation sites (tertiary alicyclic amines) is 1. The summed E-state index contributed by atoms with van der Waals surface area (Å²) >= 11 is 0. The van der Waals surface area contributed by atoms with Gasteiger partial charge in [0, 0.05) is 38.0 Å². The zero-order chi connectivity index (χ0) is 27.1. The normalized spacial score (nSPS) is 15.4. The minimum Gasteiger partial charge on any atom is -0.491 e. The smallest absolute Gasteiger partial charge is 0.253 e. The lowest BCUT2D eigenvalue weighted by Gasteiger charge is -2.20. The maximum atomic E-state index is 14.4. The van der Waals surface area contributed by atoms with Gasteiger partial charge >= 0.3 is 0 Å². The monoisotopic (exact) mass is 521 g/mol. The van der Waals surface area contributed by atoms with Gasteiger partial charge in [0.25, 0.3) is 5.91 Å². The molecule has 0 radical (unpaired) electrons.